The smallest absolute Gasteiger partial charge is 0.407 e. The van der Waals surface area contributed by atoms with E-state index in [1.54, 1.807) is 22.2 Å². The number of nitrogens with one attached hydrogen (secondary N) is 4. The number of aromatic amines is 2. The van der Waals surface area contributed by atoms with Gasteiger partial charge in [0.1, 0.15) is 23.7 Å². The van der Waals surface area contributed by atoms with Crippen LogP contribution in [0.15, 0.2) is 48.8 Å². The summed E-state index contributed by atoms with van der Waals surface area (Å²) in [5, 5.41) is 5.38. The molecule has 0 aliphatic carbocycles. The zero-order chi connectivity index (χ0) is 39.7. The number of ether oxygens (including phenoxy) is 2. The summed E-state index contributed by atoms with van der Waals surface area (Å²) < 4.78 is 9.52. The normalized spacial score (nSPS) is 18.1. The number of imidazole rings is 2. The first-order valence-electron chi connectivity index (χ1n) is 19.1. The van der Waals surface area contributed by atoms with Crippen molar-refractivity contribution in [3.8, 4) is 22.5 Å². The molecule has 5 heterocycles. The Hall–Kier alpha value is -6.06. The first-order valence-corrected chi connectivity index (χ1v) is 19.1. The number of carbonyl (C=O) groups excluding carboxylic acids is 4. The molecule has 2 aliphatic rings. The summed E-state index contributed by atoms with van der Waals surface area (Å²) in [4.78, 5) is 80.8. The van der Waals surface area contributed by atoms with E-state index in [2.05, 4.69) is 30.6 Å². The zero-order valence-corrected chi connectivity index (χ0v) is 32.5. The molecule has 0 saturated carbocycles. The van der Waals surface area contributed by atoms with E-state index < -0.39 is 24.3 Å². The molecule has 0 radical (unpaired) electrons. The topological polar surface area (TPSA) is 200 Å². The Morgan fingerprint density at radius 3 is 1.45 bits per heavy atom. The van der Waals surface area contributed by atoms with Crippen LogP contribution in [-0.4, -0.2) is 103 Å². The average molecular weight is 765 g/mol. The van der Waals surface area contributed by atoms with Crippen molar-refractivity contribution in [2.75, 3.05) is 27.3 Å². The molecule has 16 heteroatoms. The van der Waals surface area contributed by atoms with Crippen LogP contribution in [0.5, 0.6) is 0 Å². The molecule has 2 saturated heterocycles. The van der Waals surface area contributed by atoms with Crippen molar-refractivity contribution in [2.24, 2.45) is 11.8 Å². The summed E-state index contributed by atoms with van der Waals surface area (Å²) in [6.07, 6.45) is 5.44. The lowest BCUT2D eigenvalue weighted by Gasteiger charge is -2.30. The second-order valence-electron chi connectivity index (χ2n) is 15.1. The second kappa shape index (κ2) is 16.0. The van der Waals surface area contributed by atoms with Gasteiger partial charge in [0.15, 0.2) is 0 Å². The van der Waals surface area contributed by atoms with E-state index in [4.69, 9.17) is 19.4 Å². The maximum atomic E-state index is 13.6. The molecule has 4 N–H and O–H groups in total. The van der Waals surface area contributed by atoms with Gasteiger partial charge in [-0.1, -0.05) is 39.8 Å². The minimum Gasteiger partial charge on any atom is -0.453 e. The van der Waals surface area contributed by atoms with Crippen LogP contribution in [0.1, 0.15) is 77.1 Å². The number of rotatable bonds is 10. The van der Waals surface area contributed by atoms with E-state index >= 15 is 0 Å². The van der Waals surface area contributed by atoms with Gasteiger partial charge in [0.25, 0.3) is 0 Å². The van der Waals surface area contributed by atoms with Crippen molar-refractivity contribution in [1.29, 1.82) is 0 Å². The van der Waals surface area contributed by atoms with E-state index in [0.717, 1.165) is 70.3 Å². The quantitative estimate of drug-likeness (QED) is 0.129. The number of alkyl carbamates (subject to hydrolysis) is 2. The lowest BCUT2D eigenvalue weighted by molar-refractivity contribution is -0.136. The third-order valence-electron chi connectivity index (χ3n) is 10.7. The van der Waals surface area contributed by atoms with Gasteiger partial charge in [-0.05, 0) is 61.8 Å². The molecule has 2 aliphatic heterocycles. The van der Waals surface area contributed by atoms with E-state index in [-0.39, 0.29) is 35.7 Å². The molecule has 5 aromatic rings. The highest BCUT2D eigenvalue weighted by atomic mass is 16.5. The highest BCUT2D eigenvalue weighted by molar-refractivity contribution is 5.91. The summed E-state index contributed by atoms with van der Waals surface area (Å²) in [5.74, 6) is 0.816. The van der Waals surface area contributed by atoms with E-state index in [1.807, 2.05) is 64.1 Å². The van der Waals surface area contributed by atoms with Crippen molar-refractivity contribution in [2.45, 2.75) is 77.5 Å². The van der Waals surface area contributed by atoms with Gasteiger partial charge in [0.05, 0.1) is 72.2 Å². The Morgan fingerprint density at radius 1 is 0.661 bits per heavy atom. The molecular weight excluding hydrogens is 717 g/mol. The van der Waals surface area contributed by atoms with Crippen LogP contribution in [0.2, 0.25) is 0 Å². The Bertz CT molecular complexity index is 2110. The van der Waals surface area contributed by atoms with Gasteiger partial charge < -0.3 is 39.9 Å². The Balaban J connectivity index is 1.08. The Labute approximate surface area is 324 Å². The third-order valence-corrected chi connectivity index (χ3v) is 10.7. The van der Waals surface area contributed by atoms with Crippen molar-refractivity contribution in [1.82, 2.24) is 50.3 Å². The number of carbonyl (C=O) groups is 4. The number of nitrogens with zero attached hydrogens (tertiary/aromatic N) is 6. The fourth-order valence-corrected chi connectivity index (χ4v) is 7.70. The van der Waals surface area contributed by atoms with E-state index in [1.165, 1.54) is 14.2 Å². The van der Waals surface area contributed by atoms with Crippen LogP contribution in [0, 0.1) is 11.8 Å². The van der Waals surface area contributed by atoms with Crippen molar-refractivity contribution < 1.29 is 28.7 Å². The zero-order valence-electron chi connectivity index (χ0n) is 32.5. The molecule has 4 amide bonds. The third kappa shape index (κ3) is 7.59. The van der Waals surface area contributed by atoms with Gasteiger partial charge >= 0.3 is 12.2 Å². The minimum atomic E-state index is -0.707. The lowest BCUT2D eigenvalue weighted by Crippen LogP contribution is -2.51. The predicted octanol–water partition coefficient (Wildman–Crippen LogP) is 5.65. The number of methoxy groups -OCH3 is 2. The van der Waals surface area contributed by atoms with Crippen molar-refractivity contribution in [3.05, 3.63) is 60.4 Å². The highest BCUT2D eigenvalue weighted by Gasteiger charge is 2.39. The molecule has 3 aromatic heterocycles. The van der Waals surface area contributed by atoms with Crippen LogP contribution in [0.3, 0.4) is 0 Å². The van der Waals surface area contributed by atoms with Crippen molar-refractivity contribution >= 4 is 46.1 Å². The number of hydrogen-bond donors (Lipinski definition) is 4. The average Bonchev–Trinajstić information content (AvgIpc) is 4.03. The van der Waals surface area contributed by atoms with Crippen LogP contribution in [0.25, 0.3) is 44.6 Å². The summed E-state index contributed by atoms with van der Waals surface area (Å²) in [7, 11) is 2.57. The monoisotopic (exact) mass is 764 g/mol. The number of likely N-dealkylation sites (tertiary alicyclic amines) is 2. The standard InChI is InChI=1S/C40H48N10O6/c1-21(2)33(47-39(53)55-5)37(51)49-15-7-9-31(49)35-41-19-29(45-35)23-11-13-25-27(17-23)43-26-14-12-24(18-28(26)44-25)30-20-42-36(46-30)32-10-8-16-50(32)38(52)34(22(3)4)48-40(54)56-6/h11-14,17-22,31-34H,7-10,15-16H2,1-6H3,(H,41,45)(H,42,46)(H,47,53)(H,48,54)/t31-,32-,33-,34-/m0/s1. The fourth-order valence-electron chi connectivity index (χ4n) is 7.70. The molecule has 7 rings (SSSR count). The SMILES string of the molecule is COC(=O)N[C@H](C(=O)N1CCC[C@H]1c1ncc(-c2ccc3nc4cc(-c5cnc([C@@H]6CCCN6C(=O)[C@@H](NC(=O)OC)C(C)C)[nH]5)ccc4nc3c2)[nH]1)C(C)C. The van der Waals surface area contributed by atoms with Gasteiger partial charge in [-0.15, -0.1) is 0 Å². The molecule has 2 aromatic carbocycles. The molecule has 56 heavy (non-hydrogen) atoms. The van der Waals surface area contributed by atoms with Crippen LogP contribution in [0.4, 0.5) is 9.59 Å². The van der Waals surface area contributed by atoms with Crippen LogP contribution in [-0.2, 0) is 19.1 Å². The van der Waals surface area contributed by atoms with E-state index in [0.29, 0.717) is 24.7 Å². The molecule has 0 spiro atoms. The highest BCUT2D eigenvalue weighted by Crippen LogP contribution is 2.35. The summed E-state index contributed by atoms with van der Waals surface area (Å²) in [6, 6.07) is 9.85. The maximum absolute atomic E-state index is 13.6. The van der Waals surface area contributed by atoms with Crippen molar-refractivity contribution in [3.63, 3.8) is 0 Å². The van der Waals surface area contributed by atoms with Crippen LogP contribution >= 0.6 is 0 Å². The molecule has 0 bridgehead atoms. The number of amides is 4. The van der Waals surface area contributed by atoms with E-state index in [9.17, 15) is 19.2 Å². The maximum Gasteiger partial charge on any atom is 0.407 e. The van der Waals surface area contributed by atoms with Gasteiger partial charge in [0.2, 0.25) is 11.8 Å². The molecule has 4 atom stereocenters. The Kier molecular flexibility index (Phi) is 10.9. The molecule has 294 valence electrons. The molecule has 0 unspecified atom stereocenters. The van der Waals surface area contributed by atoms with Gasteiger partial charge in [-0.3, -0.25) is 9.59 Å². The number of H-pyrrole nitrogens is 2. The number of hydrogen-bond acceptors (Lipinski definition) is 10. The lowest BCUT2D eigenvalue weighted by atomic mass is 10.0. The fraction of sp³-hybridized carbons (Fsp3) is 0.450. The Morgan fingerprint density at radius 2 is 1.07 bits per heavy atom. The minimum absolute atomic E-state index is 0.121. The number of aromatic nitrogens is 6. The largest absolute Gasteiger partial charge is 0.453 e. The molecular formula is C40H48N10O6. The summed E-state index contributed by atoms with van der Waals surface area (Å²) >= 11 is 0. The van der Waals surface area contributed by atoms with Crippen LogP contribution < -0.4 is 10.6 Å². The number of benzene rings is 2. The predicted molar refractivity (Wildman–Crippen MR) is 208 cm³/mol. The first-order chi connectivity index (χ1) is 26.9. The number of fused-ring (bicyclic) bond motifs is 2. The second-order valence-corrected chi connectivity index (χ2v) is 15.1. The molecule has 16 nitrogen and oxygen atoms in total. The van der Waals surface area contributed by atoms with Gasteiger partial charge in [-0.2, -0.15) is 0 Å². The van der Waals surface area contributed by atoms with Gasteiger partial charge in [0, 0.05) is 24.2 Å². The molecule has 2 fully saturated rings. The van der Waals surface area contributed by atoms with Gasteiger partial charge in [-0.25, -0.2) is 29.5 Å². The summed E-state index contributed by atoms with van der Waals surface area (Å²) in [5.41, 5.74) is 6.27. The first kappa shape index (κ1) is 38.2. The summed E-state index contributed by atoms with van der Waals surface area (Å²) in [6.45, 7) is 8.71.